The summed E-state index contributed by atoms with van der Waals surface area (Å²) in [5.41, 5.74) is 0.587. The van der Waals surface area contributed by atoms with E-state index in [1.807, 2.05) is 0 Å². The summed E-state index contributed by atoms with van der Waals surface area (Å²) < 4.78 is 0. The highest BCUT2D eigenvalue weighted by atomic mass is 14.9. The smallest absolute Gasteiger partial charge is 0.00671 e. The fourth-order valence-electron chi connectivity index (χ4n) is 3.38. The van der Waals surface area contributed by atoms with Crippen LogP contribution in [0.15, 0.2) is 0 Å². The molecule has 2 rings (SSSR count). The standard InChI is InChI=1S/C14H27N/c1-14(2)10-6-5-7-12(14)11-15-13-8-3-4-9-13/h12-13,15H,3-11H2,1-2H3. The Hall–Kier alpha value is -0.0400. The molecule has 1 heteroatoms. The van der Waals surface area contributed by atoms with Crippen LogP contribution >= 0.6 is 0 Å². The summed E-state index contributed by atoms with van der Waals surface area (Å²) in [6, 6.07) is 0.850. The Balaban J connectivity index is 1.76. The Morgan fingerprint density at radius 3 is 2.33 bits per heavy atom. The molecule has 0 heterocycles. The van der Waals surface area contributed by atoms with Gasteiger partial charge in [-0.3, -0.25) is 0 Å². The molecule has 0 aromatic rings. The van der Waals surface area contributed by atoms with Crippen molar-refractivity contribution < 1.29 is 0 Å². The summed E-state index contributed by atoms with van der Waals surface area (Å²) in [5, 5.41) is 3.81. The molecule has 1 N–H and O–H groups in total. The first-order valence-corrected chi connectivity index (χ1v) is 6.92. The van der Waals surface area contributed by atoms with Crippen molar-refractivity contribution in [1.82, 2.24) is 5.32 Å². The average Bonchev–Trinajstić information content (AvgIpc) is 2.68. The fourth-order valence-corrected chi connectivity index (χ4v) is 3.38. The molecule has 1 unspecified atom stereocenters. The van der Waals surface area contributed by atoms with Gasteiger partial charge in [0, 0.05) is 6.04 Å². The predicted molar refractivity (Wildman–Crippen MR) is 66.0 cm³/mol. The van der Waals surface area contributed by atoms with Crippen LogP contribution in [0, 0.1) is 11.3 Å². The normalized spacial score (nSPS) is 32.0. The number of rotatable bonds is 3. The first-order valence-electron chi connectivity index (χ1n) is 6.92. The minimum Gasteiger partial charge on any atom is -0.314 e. The molecule has 1 nitrogen and oxygen atoms in total. The molecular formula is C14H27N. The second-order valence-electron chi connectivity index (χ2n) is 6.32. The van der Waals surface area contributed by atoms with E-state index in [9.17, 15) is 0 Å². The number of hydrogen-bond acceptors (Lipinski definition) is 1. The third-order valence-corrected chi connectivity index (χ3v) is 4.74. The van der Waals surface area contributed by atoms with E-state index < -0.39 is 0 Å². The van der Waals surface area contributed by atoms with Crippen LogP contribution in [-0.2, 0) is 0 Å². The van der Waals surface area contributed by atoms with E-state index in [0.29, 0.717) is 5.41 Å². The van der Waals surface area contributed by atoms with Crippen molar-refractivity contribution in [3.05, 3.63) is 0 Å². The molecule has 0 amide bonds. The van der Waals surface area contributed by atoms with Gasteiger partial charge in [0.15, 0.2) is 0 Å². The van der Waals surface area contributed by atoms with Crippen LogP contribution in [0.4, 0.5) is 0 Å². The molecule has 1 atom stereocenters. The summed E-state index contributed by atoms with van der Waals surface area (Å²) in [4.78, 5) is 0. The lowest BCUT2D eigenvalue weighted by Crippen LogP contribution is -2.39. The van der Waals surface area contributed by atoms with Crippen molar-refractivity contribution in [3.8, 4) is 0 Å². The van der Waals surface area contributed by atoms with E-state index in [2.05, 4.69) is 19.2 Å². The van der Waals surface area contributed by atoms with Crippen molar-refractivity contribution in [3.63, 3.8) is 0 Å². The van der Waals surface area contributed by atoms with Crippen LogP contribution in [0.2, 0.25) is 0 Å². The van der Waals surface area contributed by atoms with Gasteiger partial charge in [0.2, 0.25) is 0 Å². The first-order chi connectivity index (χ1) is 7.18. The molecule has 2 fully saturated rings. The zero-order valence-corrected chi connectivity index (χ0v) is 10.5. The van der Waals surface area contributed by atoms with Crippen LogP contribution in [0.3, 0.4) is 0 Å². The van der Waals surface area contributed by atoms with Gasteiger partial charge >= 0.3 is 0 Å². The maximum atomic E-state index is 3.81. The molecule has 0 spiro atoms. The first kappa shape index (κ1) is 11.4. The Morgan fingerprint density at radius 2 is 1.67 bits per heavy atom. The Bertz CT molecular complexity index is 192. The molecule has 88 valence electrons. The zero-order valence-electron chi connectivity index (χ0n) is 10.5. The maximum absolute atomic E-state index is 3.81. The van der Waals surface area contributed by atoms with Gasteiger partial charge in [-0.05, 0) is 43.6 Å². The van der Waals surface area contributed by atoms with Gasteiger partial charge in [-0.1, -0.05) is 39.5 Å². The zero-order chi connectivity index (χ0) is 10.7. The quantitative estimate of drug-likeness (QED) is 0.746. The van der Waals surface area contributed by atoms with Crippen molar-refractivity contribution >= 4 is 0 Å². The number of hydrogen-bond donors (Lipinski definition) is 1. The van der Waals surface area contributed by atoms with E-state index in [4.69, 9.17) is 0 Å². The lowest BCUT2D eigenvalue weighted by atomic mass is 9.69. The monoisotopic (exact) mass is 209 g/mol. The molecule has 2 saturated carbocycles. The number of nitrogens with one attached hydrogen (secondary N) is 1. The van der Waals surface area contributed by atoms with Crippen molar-refractivity contribution in [2.75, 3.05) is 6.54 Å². The molecule has 0 aromatic carbocycles. The second kappa shape index (κ2) is 4.86. The average molecular weight is 209 g/mol. The third-order valence-electron chi connectivity index (χ3n) is 4.74. The molecule has 0 saturated heterocycles. The van der Waals surface area contributed by atoms with E-state index >= 15 is 0 Å². The van der Waals surface area contributed by atoms with E-state index in [1.54, 1.807) is 0 Å². The SMILES string of the molecule is CC1(C)CCCCC1CNC1CCCC1. The van der Waals surface area contributed by atoms with Crippen molar-refractivity contribution in [2.45, 2.75) is 71.3 Å². The van der Waals surface area contributed by atoms with Gasteiger partial charge in [0.05, 0.1) is 0 Å². The summed E-state index contributed by atoms with van der Waals surface area (Å²) >= 11 is 0. The predicted octanol–water partition coefficient (Wildman–Crippen LogP) is 3.74. The van der Waals surface area contributed by atoms with Crippen LogP contribution in [0.5, 0.6) is 0 Å². The maximum Gasteiger partial charge on any atom is 0.00671 e. The fraction of sp³-hybridized carbons (Fsp3) is 1.00. The van der Waals surface area contributed by atoms with Crippen LogP contribution in [0.25, 0.3) is 0 Å². The van der Waals surface area contributed by atoms with Gasteiger partial charge < -0.3 is 5.32 Å². The summed E-state index contributed by atoms with van der Waals surface area (Å²) in [5.74, 6) is 0.923. The highest BCUT2D eigenvalue weighted by Gasteiger charge is 2.32. The van der Waals surface area contributed by atoms with Gasteiger partial charge in [0.1, 0.15) is 0 Å². The summed E-state index contributed by atoms with van der Waals surface area (Å²) in [6.45, 7) is 6.21. The van der Waals surface area contributed by atoms with Gasteiger partial charge in [-0.15, -0.1) is 0 Å². The lowest BCUT2D eigenvalue weighted by Gasteiger charge is -2.39. The Kier molecular flexibility index (Phi) is 3.71. The van der Waals surface area contributed by atoms with Gasteiger partial charge in [-0.2, -0.15) is 0 Å². The molecule has 0 bridgehead atoms. The highest BCUT2D eigenvalue weighted by Crippen LogP contribution is 2.40. The van der Waals surface area contributed by atoms with Crippen LogP contribution < -0.4 is 5.32 Å². The molecule has 0 radical (unpaired) electrons. The minimum absolute atomic E-state index is 0.587. The summed E-state index contributed by atoms with van der Waals surface area (Å²) in [7, 11) is 0. The Labute approximate surface area is 95.0 Å². The molecule has 2 aliphatic carbocycles. The lowest BCUT2D eigenvalue weighted by molar-refractivity contribution is 0.132. The molecule has 0 aliphatic heterocycles. The van der Waals surface area contributed by atoms with Gasteiger partial charge in [0.25, 0.3) is 0 Å². The van der Waals surface area contributed by atoms with Crippen LogP contribution in [0.1, 0.15) is 65.2 Å². The van der Waals surface area contributed by atoms with Crippen molar-refractivity contribution in [1.29, 1.82) is 0 Å². The highest BCUT2D eigenvalue weighted by molar-refractivity contribution is 4.85. The molecule has 15 heavy (non-hydrogen) atoms. The Morgan fingerprint density at radius 1 is 1.00 bits per heavy atom. The van der Waals surface area contributed by atoms with E-state index in [1.165, 1.54) is 57.9 Å². The summed E-state index contributed by atoms with van der Waals surface area (Å²) in [6.07, 6.45) is 11.5. The molecule has 2 aliphatic rings. The van der Waals surface area contributed by atoms with E-state index in [0.717, 1.165) is 12.0 Å². The third kappa shape index (κ3) is 2.96. The topological polar surface area (TPSA) is 12.0 Å². The second-order valence-corrected chi connectivity index (χ2v) is 6.32. The molecular weight excluding hydrogens is 182 g/mol. The molecule has 0 aromatic heterocycles. The van der Waals surface area contributed by atoms with Crippen LogP contribution in [-0.4, -0.2) is 12.6 Å². The van der Waals surface area contributed by atoms with Gasteiger partial charge in [-0.25, -0.2) is 0 Å². The largest absolute Gasteiger partial charge is 0.314 e. The van der Waals surface area contributed by atoms with E-state index in [-0.39, 0.29) is 0 Å². The minimum atomic E-state index is 0.587. The van der Waals surface area contributed by atoms with Crippen molar-refractivity contribution in [2.24, 2.45) is 11.3 Å².